The highest BCUT2D eigenvalue weighted by molar-refractivity contribution is 5.70. The highest BCUT2D eigenvalue weighted by Gasteiger charge is 2.38. The van der Waals surface area contributed by atoms with Gasteiger partial charge in [0.05, 0.1) is 19.7 Å². The third-order valence-electron chi connectivity index (χ3n) is 8.45. The fourth-order valence-corrected chi connectivity index (χ4v) is 6.18. The topological polar surface area (TPSA) is 68.7 Å². The SMILES string of the molecule is COc1cc(-c2ccc(COc3cccc([C@@H](CC(=O)O)C4CC4)c3F)cc2[C@H]2CCCC2(C)C)c(F)cn1. The summed E-state index contributed by atoms with van der Waals surface area (Å²) in [5, 5.41) is 9.35. The normalized spacial score (nSPS) is 19.1. The van der Waals surface area contributed by atoms with Crippen LogP contribution in [0.15, 0.2) is 48.7 Å². The lowest BCUT2D eigenvalue weighted by atomic mass is 9.75. The van der Waals surface area contributed by atoms with Crippen molar-refractivity contribution >= 4 is 5.97 Å². The molecule has 1 heterocycles. The molecule has 2 aliphatic carbocycles. The van der Waals surface area contributed by atoms with Crippen molar-refractivity contribution < 1.29 is 28.2 Å². The number of carboxylic acids is 1. The average Bonchev–Trinajstić information content (AvgIpc) is 3.69. The number of aromatic nitrogens is 1. The predicted octanol–water partition coefficient (Wildman–Crippen LogP) is 7.88. The summed E-state index contributed by atoms with van der Waals surface area (Å²) in [4.78, 5) is 15.4. The van der Waals surface area contributed by atoms with Crippen LogP contribution in [0, 0.1) is 23.0 Å². The zero-order valence-corrected chi connectivity index (χ0v) is 22.7. The van der Waals surface area contributed by atoms with E-state index in [2.05, 4.69) is 24.9 Å². The molecule has 0 amide bonds. The van der Waals surface area contributed by atoms with E-state index in [1.165, 1.54) is 13.3 Å². The molecule has 2 fully saturated rings. The first-order valence-electron chi connectivity index (χ1n) is 13.6. The smallest absolute Gasteiger partial charge is 0.303 e. The third-order valence-corrected chi connectivity index (χ3v) is 8.45. The van der Waals surface area contributed by atoms with Crippen LogP contribution >= 0.6 is 0 Å². The van der Waals surface area contributed by atoms with Gasteiger partial charge in [0, 0.05) is 17.5 Å². The number of pyridine rings is 1. The van der Waals surface area contributed by atoms with Crippen LogP contribution in [-0.4, -0.2) is 23.2 Å². The number of ether oxygens (including phenoxy) is 2. The second kappa shape index (κ2) is 10.9. The van der Waals surface area contributed by atoms with Crippen molar-refractivity contribution in [1.29, 1.82) is 0 Å². The maximum atomic E-state index is 15.5. The molecule has 0 bridgehead atoms. The lowest BCUT2D eigenvalue weighted by Gasteiger charge is -2.30. The Labute approximate surface area is 228 Å². The molecular weight excluding hydrogens is 500 g/mol. The number of rotatable bonds is 10. The van der Waals surface area contributed by atoms with Gasteiger partial charge in [0.15, 0.2) is 11.6 Å². The van der Waals surface area contributed by atoms with Crippen LogP contribution in [0.4, 0.5) is 8.78 Å². The Bertz CT molecular complexity index is 1370. The van der Waals surface area contributed by atoms with Crippen LogP contribution in [0.25, 0.3) is 11.1 Å². The fourth-order valence-electron chi connectivity index (χ4n) is 6.18. The number of hydrogen-bond acceptors (Lipinski definition) is 4. The second-order valence-corrected chi connectivity index (χ2v) is 11.6. The van der Waals surface area contributed by atoms with Crippen LogP contribution < -0.4 is 9.47 Å². The van der Waals surface area contributed by atoms with Gasteiger partial charge in [-0.05, 0) is 71.3 Å². The van der Waals surface area contributed by atoms with Gasteiger partial charge in [0.25, 0.3) is 0 Å². The van der Waals surface area contributed by atoms with Gasteiger partial charge >= 0.3 is 5.97 Å². The minimum atomic E-state index is -0.927. The van der Waals surface area contributed by atoms with Gasteiger partial charge in [-0.2, -0.15) is 0 Å². The van der Waals surface area contributed by atoms with Crippen molar-refractivity contribution in [2.75, 3.05) is 7.11 Å². The standard InChI is InChI=1S/C32H35F2NO4/c1-32(2)13-5-7-26(32)24-14-19(9-12-21(24)25-15-29(38-3)35-17-27(25)33)18-39-28-8-4-6-22(31(28)34)23(16-30(36)37)20-10-11-20/h4,6,8-9,12,14-15,17,20,23,26H,5,7,10-11,13,16,18H2,1-3H3,(H,36,37)/t23-,26+/m0/s1. The van der Waals surface area contributed by atoms with Crippen molar-refractivity contribution in [2.24, 2.45) is 11.3 Å². The van der Waals surface area contributed by atoms with Crippen LogP contribution in [-0.2, 0) is 11.4 Å². The summed E-state index contributed by atoms with van der Waals surface area (Å²) in [5.41, 5.74) is 3.58. The highest BCUT2D eigenvalue weighted by Crippen LogP contribution is 2.51. The molecule has 0 spiro atoms. The van der Waals surface area contributed by atoms with Gasteiger partial charge in [-0.3, -0.25) is 4.79 Å². The Morgan fingerprint density at radius 2 is 1.92 bits per heavy atom. The first kappa shape index (κ1) is 27.1. The van der Waals surface area contributed by atoms with Crippen LogP contribution in [0.2, 0.25) is 0 Å². The molecule has 39 heavy (non-hydrogen) atoms. The molecule has 206 valence electrons. The van der Waals surface area contributed by atoms with E-state index < -0.39 is 17.6 Å². The molecular formula is C32H35F2NO4. The molecule has 2 saturated carbocycles. The predicted molar refractivity (Wildman–Crippen MR) is 145 cm³/mol. The molecule has 1 aromatic heterocycles. The highest BCUT2D eigenvalue weighted by atomic mass is 19.1. The van der Waals surface area contributed by atoms with Gasteiger partial charge in [-0.1, -0.05) is 50.6 Å². The van der Waals surface area contributed by atoms with E-state index in [1.54, 1.807) is 24.3 Å². The lowest BCUT2D eigenvalue weighted by Crippen LogP contribution is -2.17. The van der Waals surface area contributed by atoms with E-state index in [1.807, 2.05) is 12.1 Å². The van der Waals surface area contributed by atoms with E-state index in [-0.39, 0.29) is 41.9 Å². The molecule has 5 rings (SSSR count). The lowest BCUT2D eigenvalue weighted by molar-refractivity contribution is -0.137. The van der Waals surface area contributed by atoms with E-state index in [9.17, 15) is 14.3 Å². The summed E-state index contributed by atoms with van der Waals surface area (Å²) in [5.74, 6) is -1.31. The summed E-state index contributed by atoms with van der Waals surface area (Å²) >= 11 is 0. The Hall–Kier alpha value is -3.48. The molecule has 0 unspecified atom stereocenters. The number of nitrogens with zero attached hydrogens (tertiary/aromatic N) is 1. The summed E-state index contributed by atoms with van der Waals surface area (Å²) in [7, 11) is 1.51. The molecule has 2 atom stereocenters. The van der Waals surface area contributed by atoms with Crippen molar-refractivity contribution in [2.45, 2.75) is 70.8 Å². The molecule has 5 nitrogen and oxygen atoms in total. The Morgan fingerprint density at radius 3 is 2.59 bits per heavy atom. The van der Waals surface area contributed by atoms with Gasteiger partial charge in [0.1, 0.15) is 12.4 Å². The second-order valence-electron chi connectivity index (χ2n) is 11.6. The first-order chi connectivity index (χ1) is 18.7. The molecule has 1 N–H and O–H groups in total. The zero-order valence-electron chi connectivity index (χ0n) is 22.7. The molecule has 0 radical (unpaired) electrons. The monoisotopic (exact) mass is 535 g/mol. The van der Waals surface area contributed by atoms with Gasteiger partial charge < -0.3 is 14.6 Å². The quantitative estimate of drug-likeness (QED) is 0.286. The Balaban J connectivity index is 1.46. The maximum Gasteiger partial charge on any atom is 0.303 e. The van der Waals surface area contributed by atoms with E-state index >= 15 is 4.39 Å². The number of halogens is 2. The third kappa shape index (κ3) is 5.77. The number of methoxy groups -OCH3 is 1. The van der Waals surface area contributed by atoms with Gasteiger partial charge in [0.2, 0.25) is 5.88 Å². The van der Waals surface area contributed by atoms with E-state index in [0.717, 1.165) is 48.8 Å². The van der Waals surface area contributed by atoms with Gasteiger partial charge in [-0.25, -0.2) is 13.8 Å². The van der Waals surface area contributed by atoms with Crippen LogP contribution in [0.5, 0.6) is 11.6 Å². The molecule has 2 aliphatic rings. The fraction of sp³-hybridized carbons (Fsp3) is 0.438. The molecule has 0 aliphatic heterocycles. The van der Waals surface area contributed by atoms with Crippen molar-refractivity contribution in [1.82, 2.24) is 4.98 Å². The molecule has 7 heteroatoms. The van der Waals surface area contributed by atoms with Crippen LogP contribution in [0.3, 0.4) is 0 Å². The minimum absolute atomic E-state index is 0.0459. The first-order valence-corrected chi connectivity index (χ1v) is 13.6. The van der Waals surface area contributed by atoms with Crippen LogP contribution in [0.1, 0.15) is 80.9 Å². The van der Waals surface area contributed by atoms with Crippen molar-refractivity contribution in [3.63, 3.8) is 0 Å². The summed E-state index contributed by atoms with van der Waals surface area (Å²) in [6.07, 6.45) is 6.09. The number of aliphatic carboxylic acids is 1. The maximum absolute atomic E-state index is 15.5. The molecule has 3 aromatic rings. The number of hydrogen-bond donors (Lipinski definition) is 1. The Morgan fingerprint density at radius 1 is 1.13 bits per heavy atom. The van der Waals surface area contributed by atoms with E-state index in [0.29, 0.717) is 17.0 Å². The summed E-state index contributed by atoms with van der Waals surface area (Å²) < 4.78 is 41.7. The number of carbonyl (C=O) groups is 1. The van der Waals surface area contributed by atoms with Crippen molar-refractivity contribution in [3.8, 4) is 22.8 Å². The average molecular weight is 536 g/mol. The molecule has 0 saturated heterocycles. The van der Waals surface area contributed by atoms with E-state index in [4.69, 9.17) is 9.47 Å². The number of carboxylic acid groups (broad SMARTS) is 1. The zero-order chi connectivity index (χ0) is 27.7. The molecule has 2 aromatic carbocycles. The van der Waals surface area contributed by atoms with Crippen molar-refractivity contribution in [3.05, 3.63) is 77.0 Å². The summed E-state index contributed by atoms with van der Waals surface area (Å²) in [6, 6.07) is 12.4. The summed E-state index contributed by atoms with van der Waals surface area (Å²) in [6.45, 7) is 4.63. The Kier molecular flexibility index (Phi) is 7.61. The van der Waals surface area contributed by atoms with Gasteiger partial charge in [-0.15, -0.1) is 0 Å². The minimum Gasteiger partial charge on any atom is -0.486 e. The largest absolute Gasteiger partial charge is 0.486 e. The number of benzene rings is 2.